The van der Waals surface area contributed by atoms with Crippen molar-refractivity contribution in [3.05, 3.63) is 53.6 Å². The van der Waals surface area contributed by atoms with Gasteiger partial charge in [0, 0.05) is 26.2 Å². The number of aryl methyl sites for hydroxylation is 2. The second-order valence-corrected chi connectivity index (χ2v) is 6.99. The lowest BCUT2D eigenvalue weighted by Gasteiger charge is -2.37. The van der Waals surface area contributed by atoms with Gasteiger partial charge in [0.25, 0.3) is 5.91 Å². The molecule has 2 aromatic rings. The van der Waals surface area contributed by atoms with E-state index >= 15 is 0 Å². The van der Waals surface area contributed by atoms with Crippen LogP contribution in [0.2, 0.25) is 0 Å². The maximum Gasteiger partial charge on any atom is 0.263 e. The Balaban J connectivity index is 1.58. The normalized spacial score (nSPS) is 15.4. The molecule has 1 amide bonds. The highest BCUT2D eigenvalue weighted by Crippen LogP contribution is 2.28. The molecule has 0 aromatic heterocycles. The van der Waals surface area contributed by atoms with Crippen LogP contribution in [-0.2, 0) is 4.79 Å². The number of piperazine rings is 1. The average molecular weight is 368 g/mol. The average Bonchev–Trinajstić information content (AvgIpc) is 2.70. The number of amides is 1. The van der Waals surface area contributed by atoms with Crippen LogP contribution in [0.4, 0.5) is 5.69 Å². The predicted octanol–water partition coefficient (Wildman–Crippen LogP) is 3.43. The predicted molar refractivity (Wildman–Crippen MR) is 108 cm³/mol. The van der Waals surface area contributed by atoms with Gasteiger partial charge in [-0.3, -0.25) is 4.79 Å². The van der Waals surface area contributed by atoms with E-state index in [0.29, 0.717) is 13.1 Å². The fourth-order valence-corrected chi connectivity index (χ4v) is 3.36. The molecule has 0 aliphatic carbocycles. The number of anilines is 1. The molecule has 1 aliphatic heterocycles. The molecule has 5 nitrogen and oxygen atoms in total. The SMILES string of the molecule is COc1ccccc1N1CCN(C(=O)[C@@H](C)Oc2ccc(C)c(C)c2)CC1. The monoisotopic (exact) mass is 368 g/mol. The highest BCUT2D eigenvalue weighted by molar-refractivity contribution is 5.81. The van der Waals surface area contributed by atoms with Crippen molar-refractivity contribution in [1.29, 1.82) is 0 Å². The first-order chi connectivity index (χ1) is 13.0. The molecule has 1 fully saturated rings. The van der Waals surface area contributed by atoms with E-state index in [1.165, 1.54) is 5.56 Å². The van der Waals surface area contributed by atoms with Crippen molar-refractivity contribution >= 4 is 11.6 Å². The number of carbonyl (C=O) groups is 1. The largest absolute Gasteiger partial charge is 0.495 e. The van der Waals surface area contributed by atoms with Gasteiger partial charge in [-0.2, -0.15) is 0 Å². The minimum absolute atomic E-state index is 0.0351. The van der Waals surface area contributed by atoms with Gasteiger partial charge >= 0.3 is 0 Å². The summed E-state index contributed by atoms with van der Waals surface area (Å²) in [6.45, 7) is 8.85. The Bertz CT molecular complexity index is 798. The molecule has 5 heteroatoms. The molecule has 27 heavy (non-hydrogen) atoms. The van der Waals surface area contributed by atoms with Gasteiger partial charge in [0.05, 0.1) is 12.8 Å². The van der Waals surface area contributed by atoms with E-state index in [9.17, 15) is 4.79 Å². The molecule has 1 atom stereocenters. The topological polar surface area (TPSA) is 42.0 Å². The van der Waals surface area contributed by atoms with Crippen molar-refractivity contribution in [1.82, 2.24) is 4.90 Å². The molecule has 1 aliphatic rings. The van der Waals surface area contributed by atoms with Crippen molar-refractivity contribution in [2.75, 3.05) is 38.2 Å². The van der Waals surface area contributed by atoms with E-state index in [-0.39, 0.29) is 5.91 Å². The Morgan fingerprint density at radius 3 is 2.37 bits per heavy atom. The van der Waals surface area contributed by atoms with E-state index in [1.54, 1.807) is 7.11 Å². The summed E-state index contributed by atoms with van der Waals surface area (Å²) < 4.78 is 11.3. The zero-order chi connectivity index (χ0) is 19.4. The summed E-state index contributed by atoms with van der Waals surface area (Å²) in [5.74, 6) is 1.64. The highest BCUT2D eigenvalue weighted by Gasteiger charge is 2.27. The molecule has 0 bridgehead atoms. The highest BCUT2D eigenvalue weighted by atomic mass is 16.5. The Hall–Kier alpha value is -2.69. The fraction of sp³-hybridized carbons (Fsp3) is 0.409. The number of hydrogen-bond donors (Lipinski definition) is 0. The lowest BCUT2D eigenvalue weighted by molar-refractivity contribution is -0.138. The second kappa shape index (κ2) is 8.33. The van der Waals surface area contributed by atoms with Gasteiger partial charge in [0.1, 0.15) is 11.5 Å². The molecule has 3 rings (SSSR count). The molecule has 1 heterocycles. The Kier molecular flexibility index (Phi) is 5.89. The lowest BCUT2D eigenvalue weighted by atomic mass is 10.1. The van der Waals surface area contributed by atoms with E-state index in [0.717, 1.165) is 35.8 Å². The Labute approximate surface area is 161 Å². The molecular weight excluding hydrogens is 340 g/mol. The third kappa shape index (κ3) is 4.35. The zero-order valence-electron chi connectivity index (χ0n) is 16.6. The summed E-state index contributed by atoms with van der Waals surface area (Å²) in [6.07, 6.45) is -0.495. The molecule has 0 radical (unpaired) electrons. The molecule has 2 aromatic carbocycles. The molecule has 0 spiro atoms. The van der Waals surface area contributed by atoms with Crippen LogP contribution in [0.1, 0.15) is 18.1 Å². The third-order valence-corrected chi connectivity index (χ3v) is 5.16. The smallest absolute Gasteiger partial charge is 0.263 e. The molecular formula is C22H28N2O3. The van der Waals surface area contributed by atoms with Crippen LogP contribution in [0.15, 0.2) is 42.5 Å². The number of rotatable bonds is 5. The van der Waals surface area contributed by atoms with Gasteiger partial charge in [0.15, 0.2) is 6.10 Å². The van der Waals surface area contributed by atoms with Gasteiger partial charge in [0.2, 0.25) is 0 Å². The summed E-state index contributed by atoms with van der Waals surface area (Å²) >= 11 is 0. The minimum Gasteiger partial charge on any atom is -0.495 e. The first-order valence-electron chi connectivity index (χ1n) is 9.40. The maximum absolute atomic E-state index is 12.8. The zero-order valence-corrected chi connectivity index (χ0v) is 16.6. The van der Waals surface area contributed by atoms with Crippen LogP contribution in [0, 0.1) is 13.8 Å². The molecule has 0 saturated carbocycles. The molecule has 144 valence electrons. The fourth-order valence-electron chi connectivity index (χ4n) is 3.36. The van der Waals surface area contributed by atoms with Crippen LogP contribution in [-0.4, -0.2) is 50.2 Å². The van der Waals surface area contributed by atoms with Crippen molar-refractivity contribution in [2.45, 2.75) is 26.9 Å². The first-order valence-corrected chi connectivity index (χ1v) is 9.40. The summed E-state index contributed by atoms with van der Waals surface area (Å²) in [4.78, 5) is 16.9. The van der Waals surface area contributed by atoms with Crippen LogP contribution in [0.25, 0.3) is 0 Å². The number of ether oxygens (including phenoxy) is 2. The van der Waals surface area contributed by atoms with Gasteiger partial charge in [-0.15, -0.1) is 0 Å². The van der Waals surface area contributed by atoms with Crippen molar-refractivity contribution < 1.29 is 14.3 Å². The van der Waals surface area contributed by atoms with E-state index in [1.807, 2.05) is 55.1 Å². The Morgan fingerprint density at radius 2 is 1.70 bits per heavy atom. The van der Waals surface area contributed by atoms with Crippen LogP contribution >= 0.6 is 0 Å². The lowest BCUT2D eigenvalue weighted by Crippen LogP contribution is -2.52. The van der Waals surface area contributed by atoms with Gasteiger partial charge in [-0.05, 0) is 56.2 Å². The molecule has 0 N–H and O–H groups in total. The quantitative estimate of drug-likeness (QED) is 0.811. The number of methoxy groups -OCH3 is 1. The van der Waals surface area contributed by atoms with Crippen LogP contribution < -0.4 is 14.4 Å². The van der Waals surface area contributed by atoms with Gasteiger partial charge in [-0.25, -0.2) is 0 Å². The molecule has 0 unspecified atom stereocenters. The van der Waals surface area contributed by atoms with E-state index in [4.69, 9.17) is 9.47 Å². The maximum atomic E-state index is 12.8. The van der Waals surface area contributed by atoms with Crippen LogP contribution in [0.5, 0.6) is 11.5 Å². The second-order valence-electron chi connectivity index (χ2n) is 6.99. The summed E-state index contributed by atoms with van der Waals surface area (Å²) in [5.41, 5.74) is 3.46. The molecule has 1 saturated heterocycles. The first kappa shape index (κ1) is 19.1. The third-order valence-electron chi connectivity index (χ3n) is 5.16. The number of benzene rings is 2. The van der Waals surface area contributed by atoms with Crippen molar-refractivity contribution in [3.8, 4) is 11.5 Å². The Morgan fingerprint density at radius 1 is 1.00 bits per heavy atom. The van der Waals surface area contributed by atoms with Crippen LogP contribution in [0.3, 0.4) is 0 Å². The van der Waals surface area contributed by atoms with Crippen molar-refractivity contribution in [2.24, 2.45) is 0 Å². The van der Waals surface area contributed by atoms with E-state index < -0.39 is 6.10 Å². The van der Waals surface area contributed by atoms with Gasteiger partial charge in [-0.1, -0.05) is 18.2 Å². The van der Waals surface area contributed by atoms with E-state index in [2.05, 4.69) is 17.9 Å². The number of nitrogens with zero attached hydrogens (tertiary/aromatic N) is 2. The summed E-state index contributed by atoms with van der Waals surface area (Å²) in [5, 5.41) is 0. The minimum atomic E-state index is -0.495. The standard InChI is InChI=1S/C22H28N2O3/c1-16-9-10-19(15-17(16)2)27-18(3)22(25)24-13-11-23(12-14-24)20-7-5-6-8-21(20)26-4/h5-10,15,18H,11-14H2,1-4H3/t18-/m1/s1. The number of carbonyl (C=O) groups excluding carboxylic acids is 1. The summed E-state index contributed by atoms with van der Waals surface area (Å²) in [6, 6.07) is 13.9. The number of hydrogen-bond acceptors (Lipinski definition) is 4. The van der Waals surface area contributed by atoms with Crippen molar-refractivity contribution in [3.63, 3.8) is 0 Å². The van der Waals surface area contributed by atoms with Gasteiger partial charge < -0.3 is 19.3 Å². The number of para-hydroxylation sites is 2. The summed E-state index contributed by atoms with van der Waals surface area (Å²) in [7, 11) is 1.68.